The average Bonchev–Trinajstić information content (AvgIpc) is 2.29. The van der Waals surface area contributed by atoms with Crippen LogP contribution in [0.3, 0.4) is 0 Å². The van der Waals surface area contributed by atoms with Gasteiger partial charge in [-0.1, -0.05) is 39.3 Å². The fraction of sp³-hybridized carbons (Fsp3) is 0.882. The van der Waals surface area contributed by atoms with Crippen molar-refractivity contribution in [2.45, 2.75) is 65.4 Å². The molecule has 0 aromatic heterocycles. The van der Waals surface area contributed by atoms with E-state index in [9.17, 15) is 5.11 Å². The maximum Gasteiger partial charge on any atom is 0.0724 e. The topological polar surface area (TPSA) is 20.2 Å². The van der Waals surface area contributed by atoms with Gasteiger partial charge in [0.1, 0.15) is 0 Å². The third-order valence-electron chi connectivity index (χ3n) is 6.50. The van der Waals surface area contributed by atoms with Crippen LogP contribution in [0, 0.1) is 28.6 Å². The van der Waals surface area contributed by atoms with Gasteiger partial charge in [0.25, 0.3) is 0 Å². The maximum absolute atomic E-state index is 10.00. The molecule has 0 spiro atoms. The van der Waals surface area contributed by atoms with Crippen molar-refractivity contribution in [3.63, 3.8) is 0 Å². The molecule has 2 fully saturated rings. The quantitative estimate of drug-likeness (QED) is 0.638. The Balaban J connectivity index is 1.94. The molecule has 1 N–H and O–H groups in total. The van der Waals surface area contributed by atoms with E-state index in [0.717, 1.165) is 24.2 Å². The van der Waals surface area contributed by atoms with Crippen LogP contribution in [0.1, 0.15) is 59.3 Å². The van der Waals surface area contributed by atoms with Crippen molar-refractivity contribution in [3.05, 3.63) is 12.2 Å². The van der Waals surface area contributed by atoms with E-state index in [0.29, 0.717) is 10.8 Å². The molecule has 5 atom stereocenters. The van der Waals surface area contributed by atoms with E-state index in [1.807, 2.05) is 6.08 Å². The van der Waals surface area contributed by atoms with Crippen LogP contribution >= 0.6 is 0 Å². The third kappa shape index (κ3) is 1.78. The average molecular weight is 248 g/mol. The molecule has 1 unspecified atom stereocenters. The van der Waals surface area contributed by atoms with Gasteiger partial charge in [-0.15, -0.1) is 0 Å². The first-order valence-corrected chi connectivity index (χ1v) is 7.80. The Hall–Kier alpha value is -0.300. The summed E-state index contributed by atoms with van der Waals surface area (Å²) in [5, 5.41) is 10.00. The molecule has 1 heteroatoms. The zero-order chi connectivity index (χ0) is 13.0. The summed E-state index contributed by atoms with van der Waals surface area (Å²) in [6.45, 7) is 7.48. The van der Waals surface area contributed by atoms with Gasteiger partial charge in [-0.05, 0) is 60.7 Å². The van der Waals surface area contributed by atoms with Crippen molar-refractivity contribution >= 4 is 0 Å². The highest BCUT2D eigenvalue weighted by atomic mass is 16.3. The van der Waals surface area contributed by atoms with Crippen LogP contribution in [0.5, 0.6) is 0 Å². The van der Waals surface area contributed by atoms with E-state index in [1.54, 1.807) is 0 Å². The summed E-state index contributed by atoms with van der Waals surface area (Å²) in [5.74, 6) is 2.32. The van der Waals surface area contributed by atoms with Gasteiger partial charge in [0.05, 0.1) is 6.10 Å². The molecular formula is C17H28O. The molecule has 3 aliphatic rings. The van der Waals surface area contributed by atoms with Gasteiger partial charge in [0, 0.05) is 0 Å². The molecule has 0 heterocycles. The van der Waals surface area contributed by atoms with E-state index >= 15 is 0 Å². The summed E-state index contributed by atoms with van der Waals surface area (Å²) in [4.78, 5) is 0. The first kappa shape index (κ1) is 12.7. The lowest BCUT2D eigenvalue weighted by Crippen LogP contribution is -2.52. The lowest BCUT2D eigenvalue weighted by atomic mass is 9.45. The van der Waals surface area contributed by atoms with E-state index in [2.05, 4.69) is 26.8 Å². The van der Waals surface area contributed by atoms with Crippen molar-refractivity contribution in [2.75, 3.05) is 0 Å². The molecule has 102 valence electrons. The van der Waals surface area contributed by atoms with Crippen molar-refractivity contribution in [3.8, 4) is 0 Å². The largest absolute Gasteiger partial charge is 0.389 e. The SMILES string of the molecule is CC1(C)CCC[C@]2(C)[C@H]3CC(O)C=C[C@@H]3CC[C@@H]12. The summed E-state index contributed by atoms with van der Waals surface area (Å²) in [7, 11) is 0. The van der Waals surface area contributed by atoms with Crippen LogP contribution in [0.25, 0.3) is 0 Å². The third-order valence-corrected chi connectivity index (χ3v) is 6.50. The summed E-state index contributed by atoms with van der Waals surface area (Å²) >= 11 is 0. The van der Waals surface area contributed by atoms with Gasteiger partial charge in [0.15, 0.2) is 0 Å². The Kier molecular flexibility index (Phi) is 2.89. The van der Waals surface area contributed by atoms with Crippen molar-refractivity contribution in [2.24, 2.45) is 28.6 Å². The molecule has 0 bridgehead atoms. The number of allylic oxidation sites excluding steroid dienone is 1. The van der Waals surface area contributed by atoms with Crippen molar-refractivity contribution < 1.29 is 5.11 Å². The zero-order valence-electron chi connectivity index (χ0n) is 12.2. The monoisotopic (exact) mass is 248 g/mol. The second-order valence-corrected chi connectivity index (χ2v) is 7.94. The van der Waals surface area contributed by atoms with Gasteiger partial charge in [-0.3, -0.25) is 0 Å². The van der Waals surface area contributed by atoms with Crippen molar-refractivity contribution in [1.82, 2.24) is 0 Å². The second-order valence-electron chi connectivity index (χ2n) is 7.94. The Morgan fingerprint density at radius 2 is 1.83 bits per heavy atom. The van der Waals surface area contributed by atoms with Gasteiger partial charge >= 0.3 is 0 Å². The van der Waals surface area contributed by atoms with Crippen LogP contribution in [-0.4, -0.2) is 11.2 Å². The summed E-state index contributed by atoms with van der Waals surface area (Å²) < 4.78 is 0. The summed E-state index contributed by atoms with van der Waals surface area (Å²) in [5.41, 5.74) is 0.973. The highest BCUT2D eigenvalue weighted by Crippen LogP contribution is 2.62. The van der Waals surface area contributed by atoms with Crippen molar-refractivity contribution in [1.29, 1.82) is 0 Å². The number of rotatable bonds is 0. The maximum atomic E-state index is 10.00. The summed E-state index contributed by atoms with van der Waals surface area (Å²) in [6, 6.07) is 0. The standard InChI is InChI=1S/C17H28O/c1-16(2)9-4-10-17(3)14-11-13(18)7-5-12(14)6-8-15(16)17/h5,7,12-15,18H,4,6,8-11H2,1-3H3/t12-,13?,14+,15+,17-/m1/s1. The first-order valence-electron chi connectivity index (χ1n) is 7.80. The summed E-state index contributed by atoms with van der Waals surface area (Å²) in [6.07, 6.45) is 12.1. The lowest BCUT2D eigenvalue weighted by Gasteiger charge is -2.60. The van der Waals surface area contributed by atoms with Crippen LogP contribution in [-0.2, 0) is 0 Å². The Labute approximate surface area is 112 Å². The zero-order valence-corrected chi connectivity index (χ0v) is 12.2. The minimum absolute atomic E-state index is 0.188. The van der Waals surface area contributed by atoms with Crippen LogP contribution in [0.15, 0.2) is 12.2 Å². The van der Waals surface area contributed by atoms with Gasteiger partial charge in [0.2, 0.25) is 0 Å². The molecule has 0 amide bonds. The number of aliphatic hydroxyl groups excluding tert-OH is 1. The number of fused-ring (bicyclic) bond motifs is 3. The second kappa shape index (κ2) is 4.10. The van der Waals surface area contributed by atoms with Crippen LogP contribution in [0.4, 0.5) is 0 Å². The molecule has 3 aliphatic carbocycles. The molecule has 0 aromatic carbocycles. The Bertz CT molecular complexity index is 357. The van der Waals surface area contributed by atoms with Gasteiger partial charge < -0.3 is 5.11 Å². The Morgan fingerprint density at radius 1 is 1.06 bits per heavy atom. The normalized spacial score (nSPS) is 50.4. The van der Waals surface area contributed by atoms with Crippen LogP contribution in [0.2, 0.25) is 0 Å². The van der Waals surface area contributed by atoms with E-state index in [4.69, 9.17) is 0 Å². The van der Waals surface area contributed by atoms with Gasteiger partial charge in [-0.25, -0.2) is 0 Å². The minimum Gasteiger partial charge on any atom is -0.389 e. The first-order chi connectivity index (χ1) is 8.43. The number of aliphatic hydroxyl groups is 1. The molecule has 18 heavy (non-hydrogen) atoms. The Morgan fingerprint density at radius 3 is 2.61 bits per heavy atom. The predicted molar refractivity (Wildman–Crippen MR) is 75.2 cm³/mol. The number of hydrogen-bond donors (Lipinski definition) is 1. The molecule has 0 saturated heterocycles. The lowest BCUT2D eigenvalue weighted by molar-refractivity contribution is -0.101. The highest BCUT2D eigenvalue weighted by molar-refractivity contribution is 5.12. The van der Waals surface area contributed by atoms with E-state index in [1.165, 1.54) is 32.1 Å². The van der Waals surface area contributed by atoms with E-state index < -0.39 is 0 Å². The fourth-order valence-corrected chi connectivity index (χ4v) is 5.66. The molecule has 0 radical (unpaired) electrons. The van der Waals surface area contributed by atoms with E-state index in [-0.39, 0.29) is 6.10 Å². The van der Waals surface area contributed by atoms with Crippen LogP contribution < -0.4 is 0 Å². The minimum atomic E-state index is -0.188. The molecule has 2 saturated carbocycles. The molecular weight excluding hydrogens is 220 g/mol. The fourth-order valence-electron chi connectivity index (χ4n) is 5.66. The molecule has 0 aliphatic heterocycles. The molecule has 0 aromatic rings. The highest BCUT2D eigenvalue weighted by Gasteiger charge is 2.54. The molecule has 3 rings (SSSR count). The molecule has 1 nitrogen and oxygen atoms in total. The van der Waals surface area contributed by atoms with Gasteiger partial charge in [-0.2, -0.15) is 0 Å². The number of hydrogen-bond acceptors (Lipinski definition) is 1. The predicted octanol–water partition coefficient (Wildman–Crippen LogP) is 4.17. The smallest absolute Gasteiger partial charge is 0.0724 e.